The van der Waals surface area contributed by atoms with Crippen LogP contribution in [-0.4, -0.2) is 52.6 Å². The summed E-state index contributed by atoms with van der Waals surface area (Å²) in [6.45, 7) is 2.25. The largest absolute Gasteiger partial charge is 0.396 e. The van der Waals surface area contributed by atoms with E-state index in [4.69, 9.17) is 5.11 Å². The molecule has 1 aromatic heterocycles. The molecule has 0 radical (unpaired) electrons. The number of rotatable bonds is 6. The first kappa shape index (κ1) is 14.3. The first-order valence-corrected chi connectivity index (χ1v) is 7.74. The van der Waals surface area contributed by atoms with Crippen LogP contribution in [0.25, 0.3) is 0 Å². The number of hydrogen-bond acceptors (Lipinski definition) is 7. The van der Waals surface area contributed by atoms with Gasteiger partial charge in [-0.05, 0) is 25.7 Å². The van der Waals surface area contributed by atoms with Crippen molar-refractivity contribution in [1.29, 1.82) is 0 Å². The maximum Gasteiger partial charge on any atom is 0.231 e. The van der Waals surface area contributed by atoms with E-state index in [0.29, 0.717) is 5.95 Å². The average Bonchev–Trinajstić information content (AvgIpc) is 2.48. The van der Waals surface area contributed by atoms with Crippen molar-refractivity contribution in [1.82, 2.24) is 15.0 Å². The Kier molecular flexibility index (Phi) is 5.65. The summed E-state index contributed by atoms with van der Waals surface area (Å²) in [5, 5.41) is 12.5. The van der Waals surface area contributed by atoms with Crippen LogP contribution in [0.15, 0.2) is 5.16 Å². The smallest absolute Gasteiger partial charge is 0.231 e. The van der Waals surface area contributed by atoms with Gasteiger partial charge in [0.1, 0.15) is 0 Å². The van der Waals surface area contributed by atoms with Gasteiger partial charge in [-0.3, -0.25) is 0 Å². The van der Waals surface area contributed by atoms with Gasteiger partial charge in [-0.1, -0.05) is 11.8 Å². The molecule has 0 saturated carbocycles. The molecule has 2 heterocycles. The molecule has 1 aliphatic heterocycles. The summed E-state index contributed by atoms with van der Waals surface area (Å²) in [5.74, 6) is 2.20. The molecule has 2 rings (SSSR count). The molecule has 0 amide bonds. The maximum absolute atomic E-state index is 8.82. The second-order valence-corrected chi connectivity index (χ2v) is 5.53. The topological polar surface area (TPSA) is 74.2 Å². The highest BCUT2D eigenvalue weighted by Crippen LogP contribution is 2.21. The van der Waals surface area contributed by atoms with Crippen molar-refractivity contribution >= 4 is 23.7 Å². The van der Waals surface area contributed by atoms with E-state index < -0.39 is 0 Å². The summed E-state index contributed by atoms with van der Waals surface area (Å²) in [6, 6.07) is 0. The van der Waals surface area contributed by atoms with Gasteiger partial charge >= 0.3 is 0 Å². The minimum absolute atomic E-state index is 0.204. The van der Waals surface area contributed by atoms with E-state index in [0.717, 1.165) is 36.4 Å². The lowest BCUT2D eigenvalue weighted by atomic mass is 10.1. The number of aromatic nitrogens is 3. The number of nitrogens with one attached hydrogen (secondary N) is 1. The zero-order valence-corrected chi connectivity index (χ0v) is 12.1. The van der Waals surface area contributed by atoms with Crippen molar-refractivity contribution < 1.29 is 5.11 Å². The maximum atomic E-state index is 8.82. The van der Waals surface area contributed by atoms with Crippen LogP contribution in [0.2, 0.25) is 0 Å². The molecule has 1 saturated heterocycles. The van der Waals surface area contributed by atoms with E-state index in [1.165, 1.54) is 19.3 Å². The Morgan fingerprint density at radius 2 is 2.00 bits per heavy atom. The highest BCUT2D eigenvalue weighted by Gasteiger charge is 2.15. The Morgan fingerprint density at radius 3 is 2.68 bits per heavy atom. The molecule has 0 aromatic carbocycles. The molecule has 0 unspecified atom stereocenters. The normalized spacial score (nSPS) is 15.6. The molecular weight excluding hydrogens is 262 g/mol. The molecule has 0 atom stereocenters. The van der Waals surface area contributed by atoms with Crippen LogP contribution in [0.3, 0.4) is 0 Å². The minimum atomic E-state index is 0.204. The number of aliphatic hydroxyl groups is 1. The van der Waals surface area contributed by atoms with Crippen molar-refractivity contribution in [3.05, 3.63) is 0 Å². The molecule has 0 aliphatic carbocycles. The predicted octanol–water partition coefficient (Wildman–Crippen LogP) is 1.38. The molecule has 7 heteroatoms. The van der Waals surface area contributed by atoms with Crippen LogP contribution >= 0.6 is 11.8 Å². The van der Waals surface area contributed by atoms with Crippen LogP contribution < -0.4 is 10.2 Å². The number of hydrogen-bond donors (Lipinski definition) is 2. The zero-order valence-electron chi connectivity index (χ0n) is 11.3. The van der Waals surface area contributed by atoms with Crippen molar-refractivity contribution in [2.24, 2.45) is 0 Å². The molecule has 1 fully saturated rings. The molecule has 1 aromatic rings. The first-order chi connectivity index (χ1) is 9.33. The van der Waals surface area contributed by atoms with E-state index in [-0.39, 0.29) is 6.61 Å². The van der Waals surface area contributed by atoms with Crippen LogP contribution in [0.4, 0.5) is 11.9 Å². The Morgan fingerprint density at radius 1 is 1.21 bits per heavy atom. The van der Waals surface area contributed by atoms with E-state index in [2.05, 4.69) is 25.2 Å². The Labute approximate surface area is 118 Å². The summed E-state index contributed by atoms with van der Waals surface area (Å²) in [6.07, 6.45) is 4.45. The standard InChI is InChI=1S/C12H21N5OS/c1-13-10-14-11(17-6-3-2-4-7-17)16-12(15-10)19-9-5-8-18/h18H,2-9H2,1H3,(H,13,14,15,16). The van der Waals surface area contributed by atoms with Gasteiger partial charge < -0.3 is 15.3 Å². The Hall–Kier alpha value is -1.08. The second-order valence-electron chi connectivity index (χ2n) is 4.46. The number of nitrogens with zero attached hydrogens (tertiary/aromatic N) is 4. The van der Waals surface area contributed by atoms with Gasteiger partial charge in [0.25, 0.3) is 0 Å². The molecule has 2 N–H and O–H groups in total. The molecule has 0 spiro atoms. The third kappa shape index (κ3) is 4.21. The van der Waals surface area contributed by atoms with E-state index in [9.17, 15) is 0 Å². The molecule has 6 nitrogen and oxygen atoms in total. The van der Waals surface area contributed by atoms with Gasteiger partial charge in [0, 0.05) is 32.5 Å². The molecular formula is C12H21N5OS. The second kappa shape index (κ2) is 7.49. The van der Waals surface area contributed by atoms with Crippen molar-refractivity contribution in [2.75, 3.05) is 42.7 Å². The van der Waals surface area contributed by atoms with Gasteiger partial charge in [-0.15, -0.1) is 0 Å². The SMILES string of the molecule is CNc1nc(SCCCO)nc(N2CCCCC2)n1. The quantitative estimate of drug-likeness (QED) is 0.603. The molecule has 106 valence electrons. The Bertz CT molecular complexity index is 398. The monoisotopic (exact) mass is 283 g/mol. The van der Waals surface area contributed by atoms with Gasteiger partial charge in [0.05, 0.1) is 0 Å². The lowest BCUT2D eigenvalue weighted by molar-refractivity contribution is 0.296. The van der Waals surface area contributed by atoms with Crippen molar-refractivity contribution in [2.45, 2.75) is 30.8 Å². The van der Waals surface area contributed by atoms with Crippen LogP contribution in [0.5, 0.6) is 0 Å². The first-order valence-electron chi connectivity index (χ1n) is 6.76. The van der Waals surface area contributed by atoms with Crippen LogP contribution in [0.1, 0.15) is 25.7 Å². The van der Waals surface area contributed by atoms with E-state index in [1.807, 2.05) is 7.05 Å². The summed E-state index contributed by atoms with van der Waals surface area (Å²) in [7, 11) is 1.82. The third-order valence-corrected chi connectivity index (χ3v) is 3.93. The van der Waals surface area contributed by atoms with Crippen LogP contribution in [-0.2, 0) is 0 Å². The van der Waals surface area contributed by atoms with Crippen LogP contribution in [0, 0.1) is 0 Å². The Balaban J connectivity index is 2.10. The lowest BCUT2D eigenvalue weighted by Gasteiger charge is -2.26. The summed E-state index contributed by atoms with van der Waals surface area (Å²) < 4.78 is 0. The van der Waals surface area contributed by atoms with Crippen molar-refractivity contribution in [3.63, 3.8) is 0 Å². The minimum Gasteiger partial charge on any atom is -0.396 e. The lowest BCUT2D eigenvalue weighted by Crippen LogP contribution is -2.31. The summed E-state index contributed by atoms with van der Waals surface area (Å²) in [5.41, 5.74) is 0. The highest BCUT2D eigenvalue weighted by molar-refractivity contribution is 7.99. The van der Waals surface area contributed by atoms with Gasteiger partial charge in [0.2, 0.25) is 11.9 Å². The highest BCUT2D eigenvalue weighted by atomic mass is 32.2. The summed E-state index contributed by atoms with van der Waals surface area (Å²) in [4.78, 5) is 15.5. The fourth-order valence-corrected chi connectivity index (χ4v) is 2.74. The summed E-state index contributed by atoms with van der Waals surface area (Å²) >= 11 is 1.56. The number of piperidine rings is 1. The fraction of sp³-hybridized carbons (Fsp3) is 0.750. The molecule has 1 aliphatic rings. The van der Waals surface area contributed by atoms with Gasteiger partial charge in [-0.2, -0.15) is 15.0 Å². The number of aliphatic hydroxyl groups excluding tert-OH is 1. The fourth-order valence-electron chi connectivity index (χ4n) is 1.99. The molecule has 19 heavy (non-hydrogen) atoms. The van der Waals surface area contributed by atoms with E-state index in [1.54, 1.807) is 11.8 Å². The predicted molar refractivity (Wildman–Crippen MR) is 77.9 cm³/mol. The average molecular weight is 283 g/mol. The van der Waals surface area contributed by atoms with Gasteiger partial charge in [0.15, 0.2) is 5.16 Å². The molecule has 0 bridgehead atoms. The number of thioether (sulfide) groups is 1. The zero-order chi connectivity index (χ0) is 13.5. The third-order valence-electron chi connectivity index (χ3n) is 3.00. The van der Waals surface area contributed by atoms with Crippen molar-refractivity contribution in [3.8, 4) is 0 Å². The van der Waals surface area contributed by atoms with E-state index >= 15 is 0 Å². The van der Waals surface area contributed by atoms with Gasteiger partial charge in [-0.25, -0.2) is 0 Å². The number of anilines is 2.